The van der Waals surface area contributed by atoms with E-state index in [0.29, 0.717) is 0 Å². The molecule has 0 radical (unpaired) electrons. The molecule has 0 saturated carbocycles. The summed E-state index contributed by atoms with van der Waals surface area (Å²) in [6.07, 6.45) is 2.27. The van der Waals surface area contributed by atoms with E-state index >= 15 is 0 Å². The molecule has 0 spiro atoms. The third-order valence-corrected chi connectivity index (χ3v) is 3.06. The van der Waals surface area contributed by atoms with Crippen LogP contribution in [0.15, 0.2) is 30.6 Å². The SMILES string of the molecule is N#Cc1cnc(NC(=O)c2cc(Cl)ccc2OP(=O)([O-])[O-])cn1.O=P([O-])([O-])[O-].[Na+].[Na+].[Na+].[Na+].[Na+]. The molecule has 2 rings (SSSR count). The van der Waals surface area contributed by atoms with Crippen LogP contribution in [0.4, 0.5) is 5.82 Å². The number of rotatable bonds is 4. The molecule has 33 heavy (non-hydrogen) atoms. The number of hydrogen-bond acceptors (Lipinski definition) is 12. The maximum atomic E-state index is 12.2. The van der Waals surface area contributed by atoms with Crippen LogP contribution in [0.2, 0.25) is 5.02 Å². The number of nitrogens with one attached hydrogen (secondary N) is 1. The first kappa shape index (κ1) is 45.5. The first-order valence-corrected chi connectivity index (χ1v) is 9.86. The van der Waals surface area contributed by atoms with E-state index < -0.39 is 27.3 Å². The number of carbonyl (C=O) groups is 1. The van der Waals surface area contributed by atoms with Gasteiger partial charge in [-0.05, 0) is 18.2 Å². The predicted octanol–water partition coefficient (Wildman–Crippen LogP) is -17.3. The number of carbonyl (C=O) groups excluding carboxylic acids is 1. The van der Waals surface area contributed by atoms with Crippen molar-refractivity contribution in [3.8, 4) is 11.8 Å². The number of halogens is 1. The summed E-state index contributed by atoms with van der Waals surface area (Å²) in [5.41, 5.74) is -0.232. The number of nitriles is 1. The zero-order valence-electron chi connectivity index (χ0n) is 18.2. The van der Waals surface area contributed by atoms with Gasteiger partial charge in [-0.15, -0.1) is 0 Å². The fourth-order valence-corrected chi connectivity index (χ4v) is 2.09. The van der Waals surface area contributed by atoms with Crippen LogP contribution in [0.3, 0.4) is 0 Å². The summed E-state index contributed by atoms with van der Waals surface area (Å²) in [7, 11) is -10.7. The second-order valence-electron chi connectivity index (χ2n) is 4.48. The van der Waals surface area contributed by atoms with Crippen molar-refractivity contribution in [3.63, 3.8) is 0 Å². The standard InChI is InChI=1S/C12H8ClN4O5P.5Na.H3O4P/c13-7-1-2-10(22-23(19,20)21)9(3-7)12(18)17-11-6-15-8(4-14)5-16-11;;;;;;1-5(2,3)4/h1-3,5-6H,(H,16,17,18)(H2,19,20,21);;;;;;(H3,1,2,3,4)/q;5*+1;/p-5. The van der Waals surface area contributed by atoms with Crippen molar-refractivity contribution >= 4 is 39.0 Å². The monoisotopic (exact) mass is 562 g/mol. The van der Waals surface area contributed by atoms with E-state index in [4.69, 9.17) is 36.1 Å². The van der Waals surface area contributed by atoms with E-state index in [-0.39, 0.29) is 170 Å². The average molecular weight is 563 g/mol. The number of anilines is 1. The molecule has 0 bridgehead atoms. The summed E-state index contributed by atoms with van der Waals surface area (Å²) in [6, 6.07) is 5.21. The molecule has 2 aromatic rings. The first-order chi connectivity index (χ1) is 12.8. The normalized spacial score (nSPS) is 9.24. The predicted molar refractivity (Wildman–Crippen MR) is 82.0 cm³/mol. The van der Waals surface area contributed by atoms with Gasteiger partial charge in [-0.2, -0.15) is 13.1 Å². The summed E-state index contributed by atoms with van der Waals surface area (Å²) in [6.45, 7) is 0. The van der Waals surface area contributed by atoms with Gasteiger partial charge >= 0.3 is 148 Å². The van der Waals surface area contributed by atoms with Crippen molar-refractivity contribution in [2.75, 3.05) is 5.32 Å². The number of benzene rings is 1. The maximum absolute atomic E-state index is 12.2. The summed E-state index contributed by atoms with van der Waals surface area (Å²) in [5.74, 6) is -1.29. The molecule has 1 aromatic carbocycles. The van der Waals surface area contributed by atoms with Crippen molar-refractivity contribution in [3.05, 3.63) is 46.9 Å². The maximum Gasteiger partial charge on any atom is 1.00 e. The quantitative estimate of drug-likeness (QED) is 0.270. The van der Waals surface area contributed by atoms with Crippen molar-refractivity contribution in [1.82, 2.24) is 9.97 Å². The Morgan fingerprint density at radius 2 is 1.52 bits per heavy atom. The van der Waals surface area contributed by atoms with Crippen molar-refractivity contribution in [2.24, 2.45) is 0 Å². The van der Waals surface area contributed by atoms with Crippen LogP contribution in [0.5, 0.6) is 5.75 Å². The molecule has 1 amide bonds. The molecule has 21 heteroatoms. The molecule has 0 aliphatic heterocycles. The number of phosphoric ester groups is 1. The molecule has 0 aliphatic carbocycles. The zero-order chi connectivity index (χ0) is 21.5. The van der Waals surface area contributed by atoms with Crippen molar-refractivity contribution in [2.45, 2.75) is 0 Å². The average Bonchev–Trinajstić information content (AvgIpc) is 2.54. The molecule has 0 fully saturated rings. The van der Waals surface area contributed by atoms with Gasteiger partial charge in [-0.1, -0.05) is 11.6 Å². The molecule has 150 valence electrons. The molecule has 13 nitrogen and oxygen atoms in total. The molecule has 1 N–H and O–H groups in total. The van der Waals surface area contributed by atoms with Crippen LogP contribution in [-0.2, 0) is 9.13 Å². The van der Waals surface area contributed by atoms with Crippen molar-refractivity contribution < 1.29 is 191 Å². The number of hydrogen-bond donors (Lipinski definition) is 1. The van der Waals surface area contributed by atoms with E-state index in [1.807, 2.05) is 0 Å². The Balaban J connectivity index is -0.000000237. The van der Waals surface area contributed by atoms with Gasteiger partial charge in [0.25, 0.3) is 5.91 Å². The summed E-state index contributed by atoms with van der Waals surface area (Å²) in [4.78, 5) is 66.7. The number of amides is 1. The Morgan fingerprint density at radius 1 is 1.00 bits per heavy atom. The van der Waals surface area contributed by atoms with E-state index in [1.165, 1.54) is 6.07 Å². The Morgan fingerprint density at radius 3 is 1.91 bits per heavy atom. The van der Waals surface area contributed by atoms with Crippen molar-refractivity contribution in [1.29, 1.82) is 5.26 Å². The zero-order valence-corrected chi connectivity index (χ0v) is 30.7. The summed E-state index contributed by atoms with van der Waals surface area (Å²) in [5, 5.41) is 11.0. The Bertz CT molecular complexity index is 996. The second kappa shape index (κ2) is 21.5. The number of phosphoric acid groups is 2. The summed E-state index contributed by atoms with van der Waals surface area (Å²) < 4.78 is 23.5. The molecule has 0 aliphatic rings. The van der Waals surface area contributed by atoms with Gasteiger partial charge in [0.1, 0.15) is 19.6 Å². The van der Waals surface area contributed by atoms with E-state index in [2.05, 4.69) is 19.8 Å². The van der Waals surface area contributed by atoms with Crippen LogP contribution in [-0.4, -0.2) is 15.9 Å². The van der Waals surface area contributed by atoms with E-state index in [9.17, 15) is 19.1 Å². The third-order valence-electron chi connectivity index (χ3n) is 2.40. The van der Waals surface area contributed by atoms with Gasteiger partial charge in [0.15, 0.2) is 11.5 Å². The molecule has 1 aromatic heterocycles. The molecule has 1 heterocycles. The smallest absolute Gasteiger partial charge is 0.822 e. The van der Waals surface area contributed by atoms with Gasteiger partial charge < -0.3 is 43.4 Å². The Kier molecular flexibility index (Phi) is 29.7. The second-order valence-corrected chi connectivity index (χ2v) is 6.89. The fraction of sp³-hybridized carbons (Fsp3) is 0. The topological polar surface area (TPSA) is 237 Å². The van der Waals surface area contributed by atoms with Gasteiger partial charge in [0, 0.05) is 5.02 Å². The minimum absolute atomic E-state index is 0. The third kappa shape index (κ3) is 22.3. The van der Waals surface area contributed by atoms with Crippen LogP contribution in [0.25, 0.3) is 0 Å². The van der Waals surface area contributed by atoms with Crippen LogP contribution in [0, 0.1) is 11.3 Å². The molecule has 0 saturated heterocycles. The molecular formula is C12H6ClN4Na5O9P2. The van der Waals surface area contributed by atoms with Crippen LogP contribution in [0.1, 0.15) is 16.1 Å². The van der Waals surface area contributed by atoms with Gasteiger partial charge in [0.2, 0.25) is 0 Å². The van der Waals surface area contributed by atoms with E-state index in [1.54, 1.807) is 6.07 Å². The van der Waals surface area contributed by atoms with Gasteiger partial charge in [-0.25, -0.2) is 9.97 Å². The van der Waals surface area contributed by atoms with Crippen LogP contribution >= 0.6 is 27.2 Å². The minimum Gasteiger partial charge on any atom is -0.822 e. The van der Waals surface area contributed by atoms with Gasteiger partial charge in [0.05, 0.1) is 18.0 Å². The number of aromatic nitrogens is 2. The molecular weight excluding hydrogens is 557 g/mol. The van der Waals surface area contributed by atoms with Gasteiger partial charge in [-0.3, -0.25) is 4.79 Å². The van der Waals surface area contributed by atoms with E-state index in [0.717, 1.165) is 24.5 Å². The summed E-state index contributed by atoms with van der Waals surface area (Å²) >= 11 is 5.75. The number of nitrogens with zero attached hydrogens (tertiary/aromatic N) is 3. The molecule has 0 unspecified atom stereocenters. The molecule has 0 atom stereocenters. The fourth-order valence-electron chi connectivity index (χ4n) is 1.51. The minimum atomic E-state index is -5.39. The first-order valence-electron chi connectivity index (χ1n) is 6.56. The Labute approximate surface area is 303 Å². The Hall–Kier alpha value is 2.61. The van der Waals surface area contributed by atoms with Crippen LogP contribution < -0.4 is 182 Å². The largest absolute Gasteiger partial charge is 1.00 e.